The number of fused-ring (bicyclic) bond motifs is 1. The van der Waals surface area contributed by atoms with Crippen LogP contribution in [-0.2, 0) is 6.54 Å². The lowest BCUT2D eigenvalue weighted by Gasteiger charge is -2.30. The predicted molar refractivity (Wildman–Crippen MR) is 107 cm³/mol. The van der Waals surface area contributed by atoms with Gasteiger partial charge in [-0.3, -0.25) is 14.9 Å². The molecule has 5 rings (SSSR count). The van der Waals surface area contributed by atoms with E-state index in [2.05, 4.69) is 49.3 Å². The van der Waals surface area contributed by atoms with E-state index in [1.807, 2.05) is 24.4 Å². The molecule has 0 amide bonds. The summed E-state index contributed by atoms with van der Waals surface area (Å²) >= 11 is 0. The summed E-state index contributed by atoms with van der Waals surface area (Å²) in [6, 6.07) is 14.4. The van der Waals surface area contributed by atoms with Crippen LogP contribution in [0.3, 0.4) is 0 Å². The van der Waals surface area contributed by atoms with Gasteiger partial charge >= 0.3 is 0 Å². The van der Waals surface area contributed by atoms with Gasteiger partial charge in [0.05, 0.1) is 5.52 Å². The first-order valence-corrected chi connectivity index (χ1v) is 9.65. The summed E-state index contributed by atoms with van der Waals surface area (Å²) in [7, 11) is 0. The third-order valence-electron chi connectivity index (χ3n) is 5.38. The van der Waals surface area contributed by atoms with Gasteiger partial charge in [-0.2, -0.15) is 0 Å². The van der Waals surface area contributed by atoms with Crippen LogP contribution in [-0.4, -0.2) is 38.2 Å². The Morgan fingerprint density at radius 3 is 2.68 bits per heavy atom. The maximum Gasteiger partial charge on any atom is 0.247 e. The van der Waals surface area contributed by atoms with E-state index in [1.165, 1.54) is 10.9 Å². The molecule has 0 spiro atoms. The van der Waals surface area contributed by atoms with Crippen LogP contribution < -0.4 is 0 Å². The molecular weight excluding hydrogens is 350 g/mol. The second-order valence-corrected chi connectivity index (χ2v) is 7.26. The molecule has 0 atom stereocenters. The monoisotopic (exact) mass is 371 g/mol. The summed E-state index contributed by atoms with van der Waals surface area (Å²) in [6.45, 7) is 3.02. The second-order valence-electron chi connectivity index (χ2n) is 7.26. The molecule has 0 bridgehead atoms. The minimum Gasteiger partial charge on any atom is -0.420 e. The highest BCUT2D eigenvalue weighted by molar-refractivity contribution is 5.78. The van der Waals surface area contributed by atoms with Gasteiger partial charge in [-0.15, -0.1) is 10.2 Å². The normalized spacial score (nSPS) is 15.9. The lowest BCUT2D eigenvalue weighted by molar-refractivity contribution is 0.193. The number of hydrogen-bond donors (Lipinski definition) is 0. The molecule has 0 radical (unpaired) electrons. The highest BCUT2D eigenvalue weighted by Gasteiger charge is 2.25. The van der Waals surface area contributed by atoms with Gasteiger partial charge in [0.1, 0.15) is 0 Å². The molecule has 1 aromatic carbocycles. The van der Waals surface area contributed by atoms with Crippen molar-refractivity contribution >= 4 is 10.9 Å². The van der Waals surface area contributed by atoms with Gasteiger partial charge in [0, 0.05) is 42.0 Å². The maximum absolute atomic E-state index is 5.94. The maximum atomic E-state index is 5.94. The van der Waals surface area contributed by atoms with Crippen molar-refractivity contribution in [1.29, 1.82) is 0 Å². The van der Waals surface area contributed by atoms with Crippen molar-refractivity contribution in [3.63, 3.8) is 0 Å². The van der Waals surface area contributed by atoms with Gasteiger partial charge in [-0.05, 0) is 61.8 Å². The van der Waals surface area contributed by atoms with Crippen molar-refractivity contribution in [2.75, 3.05) is 13.1 Å². The number of aromatic nitrogens is 4. The Balaban J connectivity index is 1.22. The molecule has 1 saturated heterocycles. The van der Waals surface area contributed by atoms with Crippen LogP contribution in [0, 0.1) is 0 Å². The van der Waals surface area contributed by atoms with Crippen molar-refractivity contribution in [1.82, 2.24) is 25.1 Å². The van der Waals surface area contributed by atoms with Crippen LogP contribution in [0.5, 0.6) is 0 Å². The van der Waals surface area contributed by atoms with E-state index in [1.54, 1.807) is 12.4 Å². The molecule has 4 heterocycles. The van der Waals surface area contributed by atoms with Crippen LogP contribution in [0.1, 0.15) is 30.2 Å². The molecule has 28 heavy (non-hydrogen) atoms. The zero-order chi connectivity index (χ0) is 18.8. The molecule has 140 valence electrons. The minimum absolute atomic E-state index is 0.333. The summed E-state index contributed by atoms with van der Waals surface area (Å²) in [4.78, 5) is 10.9. The van der Waals surface area contributed by atoms with Crippen molar-refractivity contribution in [2.45, 2.75) is 25.3 Å². The van der Waals surface area contributed by atoms with Gasteiger partial charge in [-0.25, -0.2) is 0 Å². The van der Waals surface area contributed by atoms with Crippen LogP contribution in [0.2, 0.25) is 0 Å². The molecule has 3 aromatic heterocycles. The number of rotatable bonds is 4. The van der Waals surface area contributed by atoms with Gasteiger partial charge in [0.2, 0.25) is 11.8 Å². The first kappa shape index (κ1) is 17.0. The zero-order valence-electron chi connectivity index (χ0n) is 15.5. The smallest absolute Gasteiger partial charge is 0.247 e. The fourth-order valence-corrected chi connectivity index (χ4v) is 3.83. The van der Waals surface area contributed by atoms with Crippen LogP contribution >= 0.6 is 0 Å². The average molecular weight is 371 g/mol. The standard InChI is InChI=1S/C22H21N5O/c1-2-19-14-16(3-4-20(19)24-9-1)15-27-12-7-18(8-13-27)22-26-25-21(28-22)17-5-10-23-11-6-17/h1-6,9-11,14,18H,7-8,12-13,15H2. The van der Waals surface area contributed by atoms with Gasteiger partial charge in [-0.1, -0.05) is 12.1 Å². The van der Waals surface area contributed by atoms with E-state index in [0.717, 1.165) is 49.4 Å². The summed E-state index contributed by atoms with van der Waals surface area (Å²) in [5.74, 6) is 1.66. The SMILES string of the molecule is c1cnc2ccc(CN3CCC(c4nnc(-c5ccncc5)o4)CC3)cc2c1. The van der Waals surface area contributed by atoms with E-state index in [4.69, 9.17) is 4.42 Å². The van der Waals surface area contributed by atoms with Crippen LogP contribution in [0.4, 0.5) is 0 Å². The molecule has 6 nitrogen and oxygen atoms in total. The molecule has 6 heteroatoms. The zero-order valence-corrected chi connectivity index (χ0v) is 15.5. The summed E-state index contributed by atoms with van der Waals surface area (Å²) in [5, 5.41) is 9.71. The van der Waals surface area contributed by atoms with E-state index < -0.39 is 0 Å². The highest BCUT2D eigenvalue weighted by Crippen LogP contribution is 2.30. The van der Waals surface area contributed by atoms with E-state index in [9.17, 15) is 0 Å². The first-order chi connectivity index (χ1) is 13.8. The Morgan fingerprint density at radius 1 is 0.964 bits per heavy atom. The van der Waals surface area contributed by atoms with Gasteiger partial charge < -0.3 is 4.42 Å². The third kappa shape index (κ3) is 3.51. The lowest BCUT2D eigenvalue weighted by atomic mass is 9.96. The van der Waals surface area contributed by atoms with Crippen molar-refractivity contribution in [3.8, 4) is 11.5 Å². The quantitative estimate of drug-likeness (QED) is 0.539. The fraction of sp³-hybridized carbons (Fsp3) is 0.273. The van der Waals surface area contributed by atoms with Crippen LogP contribution in [0.15, 0.2) is 65.5 Å². The fourth-order valence-electron chi connectivity index (χ4n) is 3.83. The number of benzene rings is 1. The number of pyridine rings is 2. The number of likely N-dealkylation sites (tertiary alicyclic amines) is 1. The Bertz CT molecular complexity index is 1070. The Labute approximate surface area is 163 Å². The van der Waals surface area contributed by atoms with E-state index >= 15 is 0 Å². The first-order valence-electron chi connectivity index (χ1n) is 9.65. The second kappa shape index (κ2) is 7.48. The largest absolute Gasteiger partial charge is 0.420 e. The molecule has 0 unspecified atom stereocenters. The molecule has 1 aliphatic heterocycles. The minimum atomic E-state index is 0.333. The number of hydrogen-bond acceptors (Lipinski definition) is 6. The number of piperidine rings is 1. The molecule has 0 saturated carbocycles. The van der Waals surface area contributed by atoms with Crippen LogP contribution in [0.25, 0.3) is 22.4 Å². The lowest BCUT2D eigenvalue weighted by Crippen LogP contribution is -2.32. The van der Waals surface area contributed by atoms with Gasteiger partial charge in [0.15, 0.2) is 0 Å². The molecular formula is C22H21N5O. The van der Waals surface area contributed by atoms with Gasteiger partial charge in [0.25, 0.3) is 0 Å². The average Bonchev–Trinajstić information content (AvgIpc) is 3.25. The number of nitrogens with zero attached hydrogens (tertiary/aromatic N) is 5. The summed E-state index contributed by atoms with van der Waals surface area (Å²) < 4.78 is 5.94. The molecule has 1 fully saturated rings. The molecule has 0 aliphatic carbocycles. The topological polar surface area (TPSA) is 67.9 Å². The Kier molecular flexibility index (Phi) is 4.54. The Morgan fingerprint density at radius 2 is 1.82 bits per heavy atom. The molecule has 4 aromatic rings. The van der Waals surface area contributed by atoms with E-state index in [0.29, 0.717) is 11.8 Å². The molecule has 1 aliphatic rings. The Hall–Kier alpha value is -3.12. The predicted octanol–water partition coefficient (Wildman–Crippen LogP) is 4.06. The third-order valence-corrected chi connectivity index (χ3v) is 5.38. The molecule has 0 N–H and O–H groups in total. The summed E-state index contributed by atoms with van der Waals surface area (Å²) in [5.41, 5.74) is 3.29. The highest BCUT2D eigenvalue weighted by atomic mass is 16.4. The van der Waals surface area contributed by atoms with Crippen molar-refractivity contribution < 1.29 is 4.42 Å². The summed E-state index contributed by atoms with van der Waals surface area (Å²) in [6.07, 6.45) is 7.38. The van der Waals surface area contributed by atoms with Crippen molar-refractivity contribution in [2.24, 2.45) is 0 Å². The van der Waals surface area contributed by atoms with E-state index in [-0.39, 0.29) is 0 Å². The van der Waals surface area contributed by atoms with Crippen molar-refractivity contribution in [3.05, 3.63) is 72.5 Å².